The molecule has 0 aromatic rings. The van der Waals surface area contributed by atoms with Gasteiger partial charge in [-0.15, -0.1) is 0 Å². The van der Waals surface area contributed by atoms with Gasteiger partial charge in [-0.25, -0.2) is 0 Å². The molecule has 1 aliphatic heterocycles. The van der Waals surface area contributed by atoms with Gasteiger partial charge in [-0.1, -0.05) is 13.8 Å². The Kier molecular flexibility index (Phi) is 6.10. The zero-order valence-corrected chi connectivity index (χ0v) is 10.5. The summed E-state index contributed by atoms with van der Waals surface area (Å²) in [5, 5.41) is 6.33. The smallest absolute Gasteiger partial charge is 0.224 e. The third kappa shape index (κ3) is 4.89. The molecule has 0 aromatic heterocycles. The van der Waals surface area contributed by atoms with Gasteiger partial charge in [0.1, 0.15) is 0 Å². The molecule has 0 radical (unpaired) electrons. The summed E-state index contributed by atoms with van der Waals surface area (Å²) < 4.78 is 0. The second kappa shape index (κ2) is 7.12. The predicted molar refractivity (Wildman–Crippen MR) is 66.2 cm³/mol. The highest BCUT2D eigenvalue weighted by Crippen LogP contribution is 2.17. The molecule has 3 nitrogen and oxygen atoms in total. The lowest BCUT2D eigenvalue weighted by Crippen LogP contribution is -2.43. The molecule has 1 amide bonds. The minimum atomic E-state index is 0.0804. The van der Waals surface area contributed by atoms with Crippen molar-refractivity contribution >= 4 is 17.7 Å². The van der Waals surface area contributed by atoms with Gasteiger partial charge in [0.2, 0.25) is 5.91 Å². The first-order valence-electron chi connectivity index (χ1n) is 5.83. The highest BCUT2D eigenvalue weighted by Gasteiger charge is 2.19. The van der Waals surface area contributed by atoms with E-state index < -0.39 is 0 Å². The topological polar surface area (TPSA) is 41.1 Å². The molecule has 1 heterocycles. The molecule has 1 aliphatic rings. The van der Waals surface area contributed by atoms with Crippen LogP contribution in [-0.2, 0) is 4.79 Å². The van der Waals surface area contributed by atoms with Crippen LogP contribution >= 0.6 is 11.8 Å². The number of hydrogen-bond donors (Lipinski definition) is 2. The van der Waals surface area contributed by atoms with Crippen molar-refractivity contribution in [2.45, 2.75) is 32.7 Å². The van der Waals surface area contributed by atoms with Crippen LogP contribution in [0.3, 0.4) is 0 Å². The predicted octanol–water partition coefficient (Wildman–Crippen LogP) is 1.24. The van der Waals surface area contributed by atoms with E-state index in [-0.39, 0.29) is 11.8 Å². The van der Waals surface area contributed by atoms with Gasteiger partial charge in [0.25, 0.3) is 0 Å². The average molecular weight is 230 g/mol. The summed E-state index contributed by atoms with van der Waals surface area (Å²) in [4.78, 5) is 11.8. The Morgan fingerprint density at radius 3 is 3.00 bits per heavy atom. The maximum absolute atomic E-state index is 11.8. The van der Waals surface area contributed by atoms with Crippen molar-refractivity contribution < 1.29 is 4.79 Å². The number of thioether (sulfide) groups is 1. The molecule has 0 bridgehead atoms. The van der Waals surface area contributed by atoms with Crippen LogP contribution in [0.1, 0.15) is 26.7 Å². The van der Waals surface area contributed by atoms with Crippen LogP contribution in [0.4, 0.5) is 0 Å². The zero-order chi connectivity index (χ0) is 11.1. The molecule has 4 heteroatoms. The lowest BCUT2D eigenvalue weighted by atomic mass is 10.1. The van der Waals surface area contributed by atoms with Crippen molar-refractivity contribution in [3.05, 3.63) is 0 Å². The van der Waals surface area contributed by atoms with Crippen molar-refractivity contribution in [3.8, 4) is 0 Å². The molecule has 2 N–H and O–H groups in total. The van der Waals surface area contributed by atoms with Crippen molar-refractivity contribution in [3.63, 3.8) is 0 Å². The van der Waals surface area contributed by atoms with Gasteiger partial charge in [-0.2, -0.15) is 11.8 Å². The summed E-state index contributed by atoms with van der Waals surface area (Å²) in [6, 6.07) is 0.403. The number of amides is 1. The minimum Gasteiger partial charge on any atom is -0.352 e. The van der Waals surface area contributed by atoms with Crippen LogP contribution in [0.25, 0.3) is 0 Å². The van der Waals surface area contributed by atoms with Gasteiger partial charge >= 0.3 is 0 Å². The summed E-state index contributed by atoms with van der Waals surface area (Å²) in [7, 11) is 0. The van der Waals surface area contributed by atoms with E-state index >= 15 is 0 Å². The van der Waals surface area contributed by atoms with E-state index in [1.54, 1.807) is 0 Å². The second-order valence-corrected chi connectivity index (χ2v) is 5.28. The van der Waals surface area contributed by atoms with Crippen LogP contribution in [0.15, 0.2) is 0 Å². The lowest BCUT2D eigenvalue weighted by Gasteiger charge is -2.24. The Morgan fingerprint density at radius 1 is 1.60 bits per heavy atom. The molecular formula is C11H22N2OS. The Morgan fingerprint density at radius 2 is 2.40 bits per heavy atom. The lowest BCUT2D eigenvalue weighted by molar-refractivity contribution is -0.125. The fourth-order valence-electron chi connectivity index (χ4n) is 1.65. The van der Waals surface area contributed by atoms with E-state index in [0.717, 1.165) is 25.3 Å². The van der Waals surface area contributed by atoms with Crippen molar-refractivity contribution in [1.29, 1.82) is 0 Å². The van der Waals surface area contributed by atoms with Gasteiger partial charge in [-0.3, -0.25) is 4.79 Å². The minimum absolute atomic E-state index is 0.0804. The summed E-state index contributed by atoms with van der Waals surface area (Å²) in [6.45, 7) is 5.75. The molecule has 0 saturated carbocycles. The number of nitrogens with one attached hydrogen (secondary N) is 2. The number of hydrogen-bond acceptors (Lipinski definition) is 3. The standard InChI is InChI=1S/C11H22N2OS/c1-3-12-7-9(2)11(14)13-10-5-4-6-15-8-10/h9-10,12H,3-8H2,1-2H3,(H,13,14). The molecular weight excluding hydrogens is 208 g/mol. The first kappa shape index (κ1) is 12.8. The number of carbonyl (C=O) groups excluding carboxylic acids is 1. The molecule has 1 fully saturated rings. The SMILES string of the molecule is CCNCC(C)C(=O)NC1CCCSC1. The highest BCUT2D eigenvalue weighted by molar-refractivity contribution is 7.99. The van der Waals surface area contributed by atoms with Gasteiger partial charge in [-0.05, 0) is 25.1 Å². The maximum atomic E-state index is 11.8. The van der Waals surface area contributed by atoms with Crippen molar-refractivity contribution in [2.24, 2.45) is 5.92 Å². The molecule has 0 spiro atoms. The van der Waals surface area contributed by atoms with Crippen LogP contribution in [0.5, 0.6) is 0 Å². The maximum Gasteiger partial charge on any atom is 0.224 e. The number of carbonyl (C=O) groups is 1. The Labute approximate surface area is 96.8 Å². The molecule has 1 rings (SSSR count). The number of rotatable bonds is 5. The van der Waals surface area contributed by atoms with Gasteiger partial charge in [0, 0.05) is 24.3 Å². The summed E-state index contributed by atoms with van der Waals surface area (Å²) >= 11 is 1.94. The summed E-state index contributed by atoms with van der Waals surface area (Å²) in [5.74, 6) is 2.61. The van der Waals surface area contributed by atoms with Gasteiger partial charge in [0.15, 0.2) is 0 Å². The highest BCUT2D eigenvalue weighted by atomic mass is 32.2. The normalized spacial score (nSPS) is 23.5. The van der Waals surface area contributed by atoms with E-state index in [0.29, 0.717) is 6.04 Å². The first-order valence-corrected chi connectivity index (χ1v) is 6.98. The third-order valence-corrected chi connectivity index (χ3v) is 3.87. The van der Waals surface area contributed by atoms with Crippen molar-refractivity contribution in [2.75, 3.05) is 24.6 Å². The molecule has 15 heavy (non-hydrogen) atoms. The molecule has 88 valence electrons. The monoisotopic (exact) mass is 230 g/mol. The van der Waals surface area contributed by atoms with Gasteiger partial charge in [0.05, 0.1) is 0 Å². The van der Waals surface area contributed by atoms with Crippen LogP contribution in [0.2, 0.25) is 0 Å². The van der Waals surface area contributed by atoms with E-state index in [4.69, 9.17) is 0 Å². The average Bonchev–Trinajstić information content (AvgIpc) is 2.27. The Hall–Kier alpha value is -0.220. The Balaban J connectivity index is 2.20. The summed E-state index contributed by atoms with van der Waals surface area (Å²) in [6.07, 6.45) is 2.38. The van der Waals surface area contributed by atoms with Crippen LogP contribution < -0.4 is 10.6 Å². The zero-order valence-electron chi connectivity index (χ0n) is 9.71. The second-order valence-electron chi connectivity index (χ2n) is 4.13. The van der Waals surface area contributed by atoms with E-state index in [2.05, 4.69) is 17.6 Å². The van der Waals surface area contributed by atoms with E-state index in [1.165, 1.54) is 12.2 Å². The molecule has 2 unspecified atom stereocenters. The molecule has 0 aromatic carbocycles. The fourth-order valence-corrected chi connectivity index (χ4v) is 2.72. The molecule has 2 atom stereocenters. The largest absolute Gasteiger partial charge is 0.352 e. The van der Waals surface area contributed by atoms with E-state index in [9.17, 15) is 4.79 Å². The summed E-state index contributed by atoms with van der Waals surface area (Å²) in [5.41, 5.74) is 0. The molecule has 0 aliphatic carbocycles. The Bertz CT molecular complexity index is 193. The fraction of sp³-hybridized carbons (Fsp3) is 0.909. The van der Waals surface area contributed by atoms with Gasteiger partial charge < -0.3 is 10.6 Å². The van der Waals surface area contributed by atoms with Crippen LogP contribution in [0, 0.1) is 5.92 Å². The molecule has 1 saturated heterocycles. The van der Waals surface area contributed by atoms with Crippen molar-refractivity contribution in [1.82, 2.24) is 10.6 Å². The van der Waals surface area contributed by atoms with E-state index in [1.807, 2.05) is 18.7 Å². The quantitative estimate of drug-likeness (QED) is 0.747. The third-order valence-electron chi connectivity index (χ3n) is 2.65. The van der Waals surface area contributed by atoms with Crippen LogP contribution in [-0.4, -0.2) is 36.5 Å². The first-order chi connectivity index (χ1) is 7.24.